The van der Waals surface area contributed by atoms with E-state index in [4.69, 9.17) is 5.73 Å². The van der Waals surface area contributed by atoms with Crippen molar-refractivity contribution in [1.29, 1.82) is 0 Å². The molecule has 0 aliphatic rings. The van der Waals surface area contributed by atoms with Crippen LogP contribution in [0.25, 0.3) is 0 Å². The van der Waals surface area contributed by atoms with Gasteiger partial charge in [0.1, 0.15) is 0 Å². The molecule has 0 aliphatic heterocycles. The molecule has 0 aliphatic carbocycles. The molecule has 0 heterocycles. The molecule has 1 rings (SSSR count). The number of ether oxygens (including phenoxy) is 1. The van der Waals surface area contributed by atoms with Gasteiger partial charge in [-0.15, -0.1) is 0 Å². The zero-order valence-corrected chi connectivity index (χ0v) is 11.8. The zero-order valence-electron chi connectivity index (χ0n) is 10.9. The minimum Gasteiger partial charge on any atom is -0.464 e. The van der Waals surface area contributed by atoms with E-state index in [0.29, 0.717) is 0 Å². The van der Waals surface area contributed by atoms with Gasteiger partial charge in [0.15, 0.2) is 6.04 Å². The second kappa shape index (κ2) is 7.32. The van der Waals surface area contributed by atoms with Crippen molar-refractivity contribution < 1.29 is 27.5 Å². The molecule has 1 unspecified atom stereocenters. The summed E-state index contributed by atoms with van der Waals surface area (Å²) in [5.41, 5.74) is 0.781. The van der Waals surface area contributed by atoms with Gasteiger partial charge in [0.2, 0.25) is 0 Å². The number of para-hydroxylation sites is 1. The first-order valence-corrected chi connectivity index (χ1v) is 6.64. The number of nitrogens with two attached hydrogens (primary N) is 1. The van der Waals surface area contributed by atoms with E-state index in [-0.39, 0.29) is 29.0 Å². The number of anilines is 1. The number of halogens is 3. The molecule has 116 valence electrons. The summed E-state index contributed by atoms with van der Waals surface area (Å²) >= 11 is -0.372. The molecule has 5 nitrogen and oxygen atoms in total. The Morgan fingerprint density at radius 3 is 2.57 bits per heavy atom. The van der Waals surface area contributed by atoms with Crippen LogP contribution in [0.2, 0.25) is 0 Å². The highest BCUT2D eigenvalue weighted by atomic mass is 32.2. The van der Waals surface area contributed by atoms with Crippen LogP contribution in [0.4, 0.5) is 18.9 Å². The molecule has 3 N–H and O–H groups in total. The molecule has 0 fully saturated rings. The molecule has 0 aromatic heterocycles. The van der Waals surface area contributed by atoms with Crippen LogP contribution in [0.5, 0.6) is 0 Å². The number of carbonyl (C=O) groups is 2. The van der Waals surface area contributed by atoms with Crippen LogP contribution in [-0.4, -0.2) is 30.0 Å². The van der Waals surface area contributed by atoms with E-state index >= 15 is 0 Å². The first-order valence-electron chi connectivity index (χ1n) is 5.82. The monoisotopic (exact) mass is 322 g/mol. The second-order valence-electron chi connectivity index (χ2n) is 3.76. The van der Waals surface area contributed by atoms with Gasteiger partial charge in [-0.25, -0.2) is 4.79 Å². The lowest BCUT2D eigenvalue weighted by Gasteiger charge is -2.14. The van der Waals surface area contributed by atoms with E-state index < -0.39 is 23.4 Å². The average Bonchev–Trinajstić information content (AvgIpc) is 2.38. The van der Waals surface area contributed by atoms with Crippen molar-refractivity contribution in [3.05, 3.63) is 24.3 Å². The quantitative estimate of drug-likeness (QED) is 0.493. The highest BCUT2D eigenvalue weighted by Gasteiger charge is 2.31. The Labute approximate surface area is 123 Å². The maximum Gasteiger partial charge on any atom is 0.446 e. The summed E-state index contributed by atoms with van der Waals surface area (Å²) in [7, 11) is 0. The third kappa shape index (κ3) is 5.64. The van der Waals surface area contributed by atoms with Gasteiger partial charge in [0, 0.05) is 4.90 Å². The second-order valence-corrected chi connectivity index (χ2v) is 4.87. The Hall–Kier alpha value is -1.74. The van der Waals surface area contributed by atoms with Gasteiger partial charge in [-0.05, 0) is 30.8 Å². The van der Waals surface area contributed by atoms with Gasteiger partial charge in [0.05, 0.1) is 12.3 Å². The fourth-order valence-electron chi connectivity index (χ4n) is 1.33. The summed E-state index contributed by atoms with van der Waals surface area (Å²) in [5.74, 6) is -1.89. The molecule has 1 aromatic carbocycles. The van der Waals surface area contributed by atoms with Crippen molar-refractivity contribution in [3.63, 3.8) is 0 Å². The summed E-state index contributed by atoms with van der Waals surface area (Å²) in [6.45, 7) is 1.58. The fraction of sp³-hybridized carbons (Fsp3) is 0.333. The lowest BCUT2D eigenvalue weighted by atomic mass is 10.2. The lowest BCUT2D eigenvalue weighted by molar-refractivity contribution is -0.146. The van der Waals surface area contributed by atoms with Crippen LogP contribution >= 0.6 is 11.8 Å². The molecule has 0 saturated carbocycles. The third-order valence-electron chi connectivity index (χ3n) is 2.19. The van der Waals surface area contributed by atoms with Crippen LogP contribution in [0.1, 0.15) is 6.92 Å². The Bertz CT molecular complexity index is 523. The summed E-state index contributed by atoms with van der Waals surface area (Å²) < 4.78 is 41.8. The molecule has 0 saturated heterocycles. The molecular weight excluding hydrogens is 309 g/mol. The maximum atomic E-state index is 12.4. The molecule has 0 radical (unpaired) electrons. The predicted molar refractivity (Wildman–Crippen MR) is 71.6 cm³/mol. The molecule has 9 heteroatoms. The number of esters is 1. The number of thioether (sulfide) groups is 1. The summed E-state index contributed by atoms with van der Waals surface area (Å²) in [6, 6.07) is 3.72. The Morgan fingerprint density at radius 1 is 1.38 bits per heavy atom. The number of carbonyl (C=O) groups excluding carboxylic acids is 2. The first kappa shape index (κ1) is 17.3. The zero-order chi connectivity index (χ0) is 16.0. The normalized spacial score (nSPS) is 12.6. The molecule has 0 spiro atoms. The molecular formula is C12H13F3N2O3S. The van der Waals surface area contributed by atoms with E-state index in [1.165, 1.54) is 31.2 Å². The van der Waals surface area contributed by atoms with Gasteiger partial charge in [-0.1, -0.05) is 12.1 Å². The van der Waals surface area contributed by atoms with Crippen LogP contribution in [-0.2, 0) is 14.3 Å². The van der Waals surface area contributed by atoms with Gasteiger partial charge >= 0.3 is 11.5 Å². The minimum atomic E-state index is -4.50. The Balaban J connectivity index is 2.83. The smallest absolute Gasteiger partial charge is 0.446 e. The van der Waals surface area contributed by atoms with Crippen molar-refractivity contribution in [2.45, 2.75) is 23.4 Å². The molecule has 21 heavy (non-hydrogen) atoms. The number of nitrogens with one attached hydrogen (secondary N) is 1. The fourth-order valence-corrected chi connectivity index (χ4v) is 1.96. The number of amides is 1. The molecule has 1 aromatic rings. The van der Waals surface area contributed by atoms with E-state index in [2.05, 4.69) is 10.1 Å². The summed E-state index contributed by atoms with van der Waals surface area (Å²) in [6.07, 6.45) is 0. The number of rotatable bonds is 5. The van der Waals surface area contributed by atoms with E-state index in [9.17, 15) is 22.8 Å². The standard InChI is InChI=1S/C12H13F3N2O3S/c1-2-20-11(19)9(16)10(18)17-7-5-3-4-6-8(7)21-12(13,14)15/h3-6,9H,2,16H2,1H3,(H,17,18). The molecule has 0 bridgehead atoms. The first-order chi connectivity index (χ1) is 9.74. The van der Waals surface area contributed by atoms with Crippen molar-refractivity contribution in [1.82, 2.24) is 0 Å². The van der Waals surface area contributed by atoms with Crippen LogP contribution in [0.3, 0.4) is 0 Å². The highest BCUT2D eigenvalue weighted by Crippen LogP contribution is 2.40. The van der Waals surface area contributed by atoms with Crippen molar-refractivity contribution in [3.8, 4) is 0 Å². The van der Waals surface area contributed by atoms with Crippen molar-refractivity contribution in [2.75, 3.05) is 11.9 Å². The lowest BCUT2D eigenvalue weighted by Crippen LogP contribution is -2.43. The highest BCUT2D eigenvalue weighted by molar-refractivity contribution is 8.00. The van der Waals surface area contributed by atoms with Crippen LogP contribution in [0.15, 0.2) is 29.2 Å². The van der Waals surface area contributed by atoms with Crippen molar-refractivity contribution in [2.24, 2.45) is 5.73 Å². The van der Waals surface area contributed by atoms with Crippen LogP contribution in [0, 0.1) is 0 Å². The van der Waals surface area contributed by atoms with E-state index in [1.807, 2.05) is 0 Å². The van der Waals surface area contributed by atoms with E-state index in [1.54, 1.807) is 0 Å². The van der Waals surface area contributed by atoms with Crippen LogP contribution < -0.4 is 11.1 Å². The van der Waals surface area contributed by atoms with Gasteiger partial charge in [-0.3, -0.25) is 4.79 Å². The number of alkyl halides is 3. The van der Waals surface area contributed by atoms with Crippen molar-refractivity contribution >= 4 is 29.3 Å². The minimum absolute atomic E-state index is 0.0420. The largest absolute Gasteiger partial charge is 0.464 e. The maximum absolute atomic E-state index is 12.4. The number of hydrogen-bond donors (Lipinski definition) is 2. The number of hydrogen-bond acceptors (Lipinski definition) is 5. The number of benzene rings is 1. The Kier molecular flexibility index (Phi) is 6.03. The SMILES string of the molecule is CCOC(=O)C(N)C(=O)Nc1ccccc1SC(F)(F)F. The summed E-state index contributed by atoms with van der Waals surface area (Å²) in [5, 5.41) is 2.19. The molecule has 1 atom stereocenters. The predicted octanol–water partition coefficient (Wildman–Crippen LogP) is 2.13. The van der Waals surface area contributed by atoms with E-state index in [0.717, 1.165) is 0 Å². The van der Waals surface area contributed by atoms with Gasteiger partial charge in [0.25, 0.3) is 5.91 Å². The third-order valence-corrected chi connectivity index (χ3v) is 3.00. The average molecular weight is 322 g/mol. The Morgan fingerprint density at radius 2 is 2.00 bits per heavy atom. The molecule has 1 amide bonds. The summed E-state index contributed by atoms with van der Waals surface area (Å²) in [4.78, 5) is 22.8. The van der Waals surface area contributed by atoms with Gasteiger partial charge in [-0.2, -0.15) is 13.2 Å². The topological polar surface area (TPSA) is 81.4 Å². The van der Waals surface area contributed by atoms with Gasteiger partial charge < -0.3 is 15.8 Å².